The summed E-state index contributed by atoms with van der Waals surface area (Å²) in [6.45, 7) is 7.72. The topological polar surface area (TPSA) is 149 Å². The third-order valence-electron chi connectivity index (χ3n) is 11.7. The molecule has 6 fully saturated rings. The quantitative estimate of drug-likeness (QED) is 0.318. The number of aliphatic hydroxyl groups excluding tert-OH is 5. The molecule has 3 aliphatic heterocycles. The number of hydrogen-bond donors (Lipinski definition) is 6. The monoisotopic (exact) mass is 498 g/mol. The number of rotatable bonds is 3. The first-order chi connectivity index (χ1) is 16.3. The van der Waals surface area contributed by atoms with E-state index in [1.54, 1.807) is 0 Å². The van der Waals surface area contributed by atoms with Crippen LogP contribution in [-0.2, 0) is 14.2 Å². The Hall–Kier alpha value is -0.360. The first-order valence-electron chi connectivity index (χ1n) is 13.3. The summed E-state index contributed by atoms with van der Waals surface area (Å²) in [6, 6.07) is 0. The standard InChI is InChI=1S/C26H42O9/c1-12-14-7-17(34-21-20(31)19(30)18(29)15(10-27)33-21)22(2,3)26(14)16(28)9-24-8-13(23(4,32)11-24)5-6-25(12,24)35-26/h12-21,27-32H,5-11H2,1-4H3. The summed E-state index contributed by atoms with van der Waals surface area (Å²) < 4.78 is 19.1. The van der Waals surface area contributed by atoms with Gasteiger partial charge in [0.2, 0.25) is 0 Å². The lowest BCUT2D eigenvalue weighted by molar-refractivity contribution is -0.334. The van der Waals surface area contributed by atoms with E-state index in [2.05, 4.69) is 6.92 Å². The van der Waals surface area contributed by atoms with Crippen LogP contribution in [0.25, 0.3) is 0 Å². The van der Waals surface area contributed by atoms with Gasteiger partial charge < -0.3 is 44.8 Å². The van der Waals surface area contributed by atoms with Crippen molar-refractivity contribution in [3.8, 4) is 0 Å². The van der Waals surface area contributed by atoms with Gasteiger partial charge in [0.05, 0.1) is 30.0 Å². The number of aliphatic hydroxyl groups is 6. The van der Waals surface area contributed by atoms with Crippen molar-refractivity contribution in [3.05, 3.63) is 0 Å². The van der Waals surface area contributed by atoms with E-state index in [9.17, 15) is 30.6 Å². The molecule has 6 N–H and O–H groups in total. The van der Waals surface area contributed by atoms with E-state index in [4.69, 9.17) is 14.2 Å². The minimum Gasteiger partial charge on any atom is -0.394 e. The molecule has 3 heterocycles. The van der Waals surface area contributed by atoms with Gasteiger partial charge in [-0.3, -0.25) is 0 Å². The molecule has 3 aliphatic carbocycles. The van der Waals surface area contributed by atoms with E-state index in [0.29, 0.717) is 19.3 Å². The Morgan fingerprint density at radius 2 is 1.71 bits per heavy atom. The summed E-state index contributed by atoms with van der Waals surface area (Å²) in [7, 11) is 0. The van der Waals surface area contributed by atoms with E-state index >= 15 is 0 Å². The minimum absolute atomic E-state index is 0.0175. The van der Waals surface area contributed by atoms with E-state index in [0.717, 1.165) is 19.3 Å². The largest absolute Gasteiger partial charge is 0.394 e. The second-order valence-corrected chi connectivity index (χ2v) is 13.4. The smallest absolute Gasteiger partial charge is 0.186 e. The van der Waals surface area contributed by atoms with Crippen molar-refractivity contribution in [2.24, 2.45) is 28.6 Å². The van der Waals surface area contributed by atoms with Crippen LogP contribution in [-0.4, -0.2) is 97.0 Å². The van der Waals surface area contributed by atoms with Crippen LogP contribution < -0.4 is 0 Å². The Bertz CT molecular complexity index is 877. The molecule has 0 aromatic heterocycles. The van der Waals surface area contributed by atoms with Gasteiger partial charge in [0.25, 0.3) is 0 Å². The predicted octanol–water partition coefficient (Wildman–Crippen LogP) is 0.0673. The lowest BCUT2D eigenvalue weighted by Gasteiger charge is -2.60. The van der Waals surface area contributed by atoms with Gasteiger partial charge in [-0.2, -0.15) is 0 Å². The Morgan fingerprint density at radius 1 is 1.00 bits per heavy atom. The Balaban J connectivity index is 1.31. The lowest BCUT2D eigenvalue weighted by atomic mass is 9.57. The second kappa shape index (κ2) is 7.39. The third-order valence-corrected chi connectivity index (χ3v) is 11.7. The van der Waals surface area contributed by atoms with Gasteiger partial charge in [0.15, 0.2) is 6.29 Å². The zero-order chi connectivity index (χ0) is 25.3. The van der Waals surface area contributed by atoms with Gasteiger partial charge >= 0.3 is 0 Å². The van der Waals surface area contributed by atoms with Crippen LogP contribution in [0.2, 0.25) is 0 Å². The third kappa shape index (κ3) is 2.80. The number of fused-ring (bicyclic) bond motifs is 1. The Labute approximate surface area is 206 Å². The lowest BCUT2D eigenvalue weighted by Crippen LogP contribution is -2.66. The zero-order valence-corrected chi connectivity index (χ0v) is 21.1. The maximum absolute atomic E-state index is 11.8. The molecule has 14 unspecified atom stereocenters. The highest BCUT2D eigenvalue weighted by atomic mass is 16.7. The average Bonchev–Trinajstić information content (AvgIpc) is 3.24. The predicted molar refractivity (Wildman–Crippen MR) is 122 cm³/mol. The van der Waals surface area contributed by atoms with E-state index in [1.165, 1.54) is 0 Å². The number of ether oxygens (including phenoxy) is 3. The van der Waals surface area contributed by atoms with Crippen LogP contribution in [0.1, 0.15) is 66.2 Å². The molecule has 14 atom stereocenters. The molecule has 0 aromatic carbocycles. The van der Waals surface area contributed by atoms with Crippen LogP contribution >= 0.6 is 0 Å². The van der Waals surface area contributed by atoms with Crippen molar-refractivity contribution in [1.29, 1.82) is 0 Å². The fourth-order valence-electron chi connectivity index (χ4n) is 9.95. The molecule has 200 valence electrons. The molecule has 0 radical (unpaired) electrons. The molecule has 0 amide bonds. The molecule has 6 aliphatic rings. The van der Waals surface area contributed by atoms with Crippen LogP contribution in [0.15, 0.2) is 0 Å². The molecule has 3 saturated carbocycles. The molecule has 9 heteroatoms. The van der Waals surface area contributed by atoms with Crippen LogP contribution in [0.5, 0.6) is 0 Å². The Morgan fingerprint density at radius 3 is 2.40 bits per heavy atom. The Kier molecular flexibility index (Phi) is 5.27. The van der Waals surface area contributed by atoms with E-state index in [-0.39, 0.29) is 28.8 Å². The zero-order valence-electron chi connectivity index (χ0n) is 21.1. The maximum atomic E-state index is 11.8. The molecule has 4 bridgehead atoms. The van der Waals surface area contributed by atoms with Crippen molar-refractivity contribution in [1.82, 2.24) is 0 Å². The summed E-state index contributed by atoms with van der Waals surface area (Å²) in [6.07, 6.45) is -3.31. The fourth-order valence-corrected chi connectivity index (χ4v) is 9.95. The second-order valence-electron chi connectivity index (χ2n) is 13.4. The van der Waals surface area contributed by atoms with Gasteiger partial charge in [-0.05, 0) is 63.2 Å². The van der Waals surface area contributed by atoms with Gasteiger partial charge in [-0.1, -0.05) is 20.8 Å². The van der Waals surface area contributed by atoms with Gasteiger partial charge in [-0.15, -0.1) is 0 Å². The van der Waals surface area contributed by atoms with Crippen molar-refractivity contribution >= 4 is 0 Å². The van der Waals surface area contributed by atoms with E-state index < -0.39 is 66.1 Å². The van der Waals surface area contributed by atoms with Crippen LogP contribution in [0, 0.1) is 28.6 Å². The summed E-state index contributed by atoms with van der Waals surface area (Å²) in [4.78, 5) is 0. The highest BCUT2D eigenvalue weighted by molar-refractivity contribution is 5.31. The summed E-state index contributed by atoms with van der Waals surface area (Å²) in [5.74, 6) is 0.405. The molecule has 3 spiro atoms. The van der Waals surface area contributed by atoms with Crippen molar-refractivity contribution in [2.75, 3.05) is 6.61 Å². The normalized spacial score (nSPS) is 62.6. The van der Waals surface area contributed by atoms with Gasteiger partial charge in [0.1, 0.15) is 30.0 Å². The molecule has 0 aromatic rings. The van der Waals surface area contributed by atoms with Crippen molar-refractivity contribution in [2.45, 2.75) is 126 Å². The number of hydrogen-bond acceptors (Lipinski definition) is 9. The summed E-state index contributed by atoms with van der Waals surface area (Å²) in [5.41, 5.74) is -2.85. The highest BCUT2D eigenvalue weighted by Crippen LogP contribution is 2.78. The van der Waals surface area contributed by atoms with Crippen LogP contribution in [0.4, 0.5) is 0 Å². The summed E-state index contributed by atoms with van der Waals surface area (Å²) >= 11 is 0. The first kappa shape index (κ1) is 24.9. The molecular weight excluding hydrogens is 456 g/mol. The average molecular weight is 499 g/mol. The van der Waals surface area contributed by atoms with Gasteiger partial charge in [-0.25, -0.2) is 0 Å². The maximum Gasteiger partial charge on any atom is 0.186 e. The molecule has 9 nitrogen and oxygen atoms in total. The van der Waals surface area contributed by atoms with E-state index in [1.807, 2.05) is 20.8 Å². The SMILES string of the molecule is CC1C2CC(OC3OC(CO)C(O)C(O)C3O)C(C)(C)C23OC12CCC1CC2(CC3O)CC1(C)O. The molecular formula is C26H42O9. The molecule has 35 heavy (non-hydrogen) atoms. The van der Waals surface area contributed by atoms with Gasteiger partial charge in [0, 0.05) is 10.8 Å². The van der Waals surface area contributed by atoms with Crippen LogP contribution in [0.3, 0.4) is 0 Å². The molecule has 3 saturated heterocycles. The highest BCUT2D eigenvalue weighted by Gasteiger charge is 2.83. The fraction of sp³-hybridized carbons (Fsp3) is 1.00. The first-order valence-corrected chi connectivity index (χ1v) is 13.3. The summed E-state index contributed by atoms with van der Waals surface area (Å²) in [5, 5.41) is 63.5. The minimum atomic E-state index is -1.50. The molecule has 6 rings (SSSR count). The van der Waals surface area contributed by atoms with Crippen molar-refractivity contribution in [3.63, 3.8) is 0 Å². The van der Waals surface area contributed by atoms with Crippen molar-refractivity contribution < 1.29 is 44.8 Å².